The van der Waals surface area contributed by atoms with E-state index >= 15 is 0 Å². The largest absolute Gasteiger partial charge is 0.496 e. The second-order valence-electron chi connectivity index (χ2n) is 4.53. The van der Waals surface area contributed by atoms with E-state index in [1.807, 2.05) is 18.2 Å². The fourth-order valence-electron chi connectivity index (χ4n) is 2.69. The van der Waals surface area contributed by atoms with Crippen LogP contribution in [0, 0.1) is 5.92 Å². The van der Waals surface area contributed by atoms with Gasteiger partial charge < -0.3 is 15.2 Å². The molecule has 1 saturated carbocycles. The first-order valence-electron chi connectivity index (χ1n) is 5.65. The van der Waals surface area contributed by atoms with E-state index in [9.17, 15) is 0 Å². The molecule has 0 radical (unpaired) electrons. The van der Waals surface area contributed by atoms with E-state index in [0.29, 0.717) is 0 Å². The van der Waals surface area contributed by atoms with Gasteiger partial charge in [-0.3, -0.25) is 0 Å². The van der Waals surface area contributed by atoms with Crippen molar-refractivity contribution in [1.29, 1.82) is 0 Å². The number of ether oxygens (including phenoxy) is 2. The van der Waals surface area contributed by atoms with Gasteiger partial charge in [0.15, 0.2) is 0 Å². The van der Waals surface area contributed by atoms with Crippen molar-refractivity contribution < 1.29 is 9.47 Å². The van der Waals surface area contributed by atoms with Crippen LogP contribution < -0.4 is 5.73 Å². The predicted octanol–water partition coefficient (Wildman–Crippen LogP) is 1.45. The molecular formula is C14H15NO2. The van der Waals surface area contributed by atoms with Crippen molar-refractivity contribution in [3.05, 3.63) is 53.0 Å². The molecule has 3 unspecified atom stereocenters. The summed E-state index contributed by atoms with van der Waals surface area (Å²) < 4.78 is 10.6. The number of allylic oxidation sites excluding steroid dienone is 4. The molecule has 0 aromatic carbocycles. The van der Waals surface area contributed by atoms with Crippen LogP contribution in [-0.4, -0.2) is 25.9 Å². The molecule has 88 valence electrons. The van der Waals surface area contributed by atoms with Gasteiger partial charge >= 0.3 is 0 Å². The van der Waals surface area contributed by atoms with E-state index in [1.54, 1.807) is 14.2 Å². The van der Waals surface area contributed by atoms with E-state index in [2.05, 4.69) is 17.9 Å². The van der Waals surface area contributed by atoms with Crippen molar-refractivity contribution in [1.82, 2.24) is 0 Å². The van der Waals surface area contributed by atoms with Crippen LogP contribution in [-0.2, 0) is 9.47 Å². The minimum atomic E-state index is -0.414. The molecule has 1 fully saturated rings. The van der Waals surface area contributed by atoms with Crippen molar-refractivity contribution in [2.75, 3.05) is 14.2 Å². The molecule has 3 rings (SSSR count). The number of rotatable bonds is 2. The molecule has 2 N–H and O–H groups in total. The molecule has 3 aliphatic rings. The summed E-state index contributed by atoms with van der Waals surface area (Å²) in [6, 6.07) is 0. The number of hydrogen-bond acceptors (Lipinski definition) is 3. The van der Waals surface area contributed by atoms with Crippen molar-refractivity contribution >= 4 is 0 Å². The number of fused-ring (bicyclic) bond motifs is 3. The SMILES string of the molecule is COC1=CC=C2C=CC3C(OC)C3(N)C2=C=C1. The van der Waals surface area contributed by atoms with Crippen LogP contribution in [0.4, 0.5) is 0 Å². The summed E-state index contributed by atoms with van der Waals surface area (Å²) in [6.07, 6.45) is 10.0. The normalized spacial score (nSPS) is 37.2. The molecule has 17 heavy (non-hydrogen) atoms. The summed E-state index contributed by atoms with van der Waals surface area (Å²) in [4.78, 5) is 0. The molecule has 0 saturated heterocycles. The van der Waals surface area contributed by atoms with Crippen LogP contribution >= 0.6 is 0 Å². The number of hydrogen-bond donors (Lipinski definition) is 1. The molecule has 3 aliphatic carbocycles. The Labute approximate surface area is 101 Å². The Balaban J connectivity index is 2.09. The highest BCUT2D eigenvalue weighted by Gasteiger charge is 2.65. The monoisotopic (exact) mass is 229 g/mol. The zero-order valence-electron chi connectivity index (χ0n) is 9.94. The molecule has 3 heteroatoms. The lowest BCUT2D eigenvalue weighted by Gasteiger charge is -2.17. The Hall–Kier alpha value is -1.54. The third-order valence-corrected chi connectivity index (χ3v) is 3.72. The molecule has 0 aromatic rings. The predicted molar refractivity (Wildman–Crippen MR) is 65.1 cm³/mol. The first kappa shape index (κ1) is 10.6. The van der Waals surface area contributed by atoms with Crippen LogP contribution in [0.25, 0.3) is 0 Å². The van der Waals surface area contributed by atoms with E-state index in [1.165, 1.54) is 0 Å². The second-order valence-corrected chi connectivity index (χ2v) is 4.53. The quantitative estimate of drug-likeness (QED) is 0.729. The Morgan fingerprint density at radius 2 is 2.18 bits per heavy atom. The Morgan fingerprint density at radius 1 is 1.35 bits per heavy atom. The standard InChI is InChI=1S/C14H15NO2/c1-16-10-5-3-9-4-7-12-13(17-2)14(12,15)11(9)8-6-10/h3-7,12-13H,15H2,1-2H3. The van der Waals surface area contributed by atoms with Gasteiger partial charge in [-0.15, -0.1) is 5.73 Å². The lowest BCUT2D eigenvalue weighted by molar-refractivity contribution is 0.163. The van der Waals surface area contributed by atoms with Gasteiger partial charge in [0.1, 0.15) is 5.76 Å². The smallest absolute Gasteiger partial charge is 0.126 e. The van der Waals surface area contributed by atoms with E-state index in [-0.39, 0.29) is 12.0 Å². The zero-order valence-corrected chi connectivity index (χ0v) is 9.94. The first-order chi connectivity index (χ1) is 8.21. The lowest BCUT2D eigenvalue weighted by atomic mass is 9.91. The van der Waals surface area contributed by atoms with E-state index in [4.69, 9.17) is 15.2 Å². The van der Waals surface area contributed by atoms with Crippen molar-refractivity contribution in [3.63, 3.8) is 0 Å². The first-order valence-corrected chi connectivity index (χ1v) is 5.65. The summed E-state index contributed by atoms with van der Waals surface area (Å²) in [5.74, 6) is 1.05. The molecule has 0 bridgehead atoms. The summed E-state index contributed by atoms with van der Waals surface area (Å²) in [6.45, 7) is 0. The summed E-state index contributed by atoms with van der Waals surface area (Å²) in [5.41, 5.74) is 11.4. The fourth-order valence-corrected chi connectivity index (χ4v) is 2.69. The Kier molecular flexibility index (Phi) is 2.17. The van der Waals surface area contributed by atoms with E-state index < -0.39 is 5.54 Å². The highest BCUT2D eigenvalue weighted by Crippen LogP contribution is 2.54. The minimum Gasteiger partial charge on any atom is -0.496 e. The molecule has 0 aromatic heterocycles. The fraction of sp³-hybridized carbons (Fsp3) is 0.357. The summed E-state index contributed by atoms with van der Waals surface area (Å²) in [5, 5.41) is 0. The van der Waals surface area contributed by atoms with Gasteiger partial charge in [0, 0.05) is 24.7 Å². The van der Waals surface area contributed by atoms with Gasteiger partial charge in [-0.2, -0.15) is 0 Å². The summed E-state index contributed by atoms with van der Waals surface area (Å²) >= 11 is 0. The maximum Gasteiger partial charge on any atom is 0.126 e. The number of methoxy groups -OCH3 is 2. The third-order valence-electron chi connectivity index (χ3n) is 3.72. The maximum absolute atomic E-state index is 6.42. The molecule has 0 aliphatic heterocycles. The van der Waals surface area contributed by atoms with Crippen molar-refractivity contribution in [3.8, 4) is 0 Å². The van der Waals surface area contributed by atoms with Crippen molar-refractivity contribution in [2.24, 2.45) is 11.7 Å². The van der Waals surface area contributed by atoms with E-state index in [0.717, 1.165) is 16.9 Å². The number of nitrogens with two attached hydrogens (primary N) is 1. The van der Waals surface area contributed by atoms with Gasteiger partial charge in [0.05, 0.1) is 18.8 Å². The molecule has 0 spiro atoms. The highest BCUT2D eigenvalue weighted by atomic mass is 16.5. The van der Waals surface area contributed by atoms with Gasteiger partial charge in [0.2, 0.25) is 0 Å². The molecule has 0 heterocycles. The summed E-state index contributed by atoms with van der Waals surface area (Å²) in [7, 11) is 3.35. The maximum atomic E-state index is 6.42. The third kappa shape index (κ3) is 1.31. The Bertz CT molecular complexity index is 520. The molecule has 3 nitrogen and oxygen atoms in total. The van der Waals surface area contributed by atoms with Crippen LogP contribution in [0.15, 0.2) is 53.0 Å². The average Bonchev–Trinajstić information content (AvgIpc) is 2.99. The molecule has 3 atom stereocenters. The highest BCUT2D eigenvalue weighted by molar-refractivity contribution is 5.60. The van der Waals surface area contributed by atoms with Crippen LogP contribution in [0.1, 0.15) is 0 Å². The van der Waals surface area contributed by atoms with Crippen LogP contribution in [0.5, 0.6) is 0 Å². The molecular weight excluding hydrogens is 214 g/mol. The molecule has 0 amide bonds. The lowest BCUT2D eigenvalue weighted by Crippen LogP contribution is -2.32. The van der Waals surface area contributed by atoms with Gasteiger partial charge in [-0.1, -0.05) is 18.2 Å². The topological polar surface area (TPSA) is 44.5 Å². The van der Waals surface area contributed by atoms with Crippen LogP contribution in [0.2, 0.25) is 0 Å². The van der Waals surface area contributed by atoms with Crippen LogP contribution in [0.3, 0.4) is 0 Å². The van der Waals surface area contributed by atoms with Crippen molar-refractivity contribution in [2.45, 2.75) is 11.6 Å². The Morgan fingerprint density at radius 3 is 2.88 bits per heavy atom. The minimum absolute atomic E-state index is 0.0599. The second kappa shape index (κ2) is 3.47. The van der Waals surface area contributed by atoms with Gasteiger partial charge in [0.25, 0.3) is 0 Å². The van der Waals surface area contributed by atoms with Gasteiger partial charge in [-0.05, 0) is 11.6 Å². The van der Waals surface area contributed by atoms with Gasteiger partial charge in [-0.25, -0.2) is 0 Å². The average molecular weight is 229 g/mol. The zero-order chi connectivity index (χ0) is 12.0.